The minimum atomic E-state index is -0.441. The van der Waals surface area contributed by atoms with E-state index in [0.29, 0.717) is 5.65 Å². The van der Waals surface area contributed by atoms with Gasteiger partial charge in [-0.3, -0.25) is 14.4 Å². The molecule has 2 amide bonds. The summed E-state index contributed by atoms with van der Waals surface area (Å²) in [5, 5.41) is 10.2. The lowest BCUT2D eigenvalue weighted by atomic mass is 9.51. The smallest absolute Gasteiger partial charge is 0.270 e. The SMILES string of the molecule is CC(=O)C12CCC(C(C)NC(=O)c3cc(C(=O)NCc4ccc(F)cc4)nc4ccnn34)(CC1)CC2. The van der Waals surface area contributed by atoms with Crippen LogP contribution in [0.25, 0.3) is 5.65 Å². The van der Waals surface area contributed by atoms with Crippen molar-refractivity contribution < 1.29 is 18.8 Å². The number of carbonyl (C=O) groups is 3. The molecule has 9 heteroatoms. The number of benzene rings is 1. The van der Waals surface area contributed by atoms with Crippen molar-refractivity contribution in [3.8, 4) is 0 Å². The fraction of sp³-hybridized carbons (Fsp3) is 0.444. The van der Waals surface area contributed by atoms with Crippen LogP contribution in [-0.4, -0.2) is 38.2 Å². The van der Waals surface area contributed by atoms with E-state index in [2.05, 4.69) is 20.7 Å². The molecule has 3 aromatic rings. The molecule has 0 spiro atoms. The Bertz CT molecular complexity index is 1310. The topological polar surface area (TPSA) is 105 Å². The number of nitrogens with one attached hydrogen (secondary N) is 2. The van der Waals surface area contributed by atoms with Gasteiger partial charge < -0.3 is 10.6 Å². The van der Waals surface area contributed by atoms with Crippen molar-refractivity contribution in [1.82, 2.24) is 25.2 Å². The molecule has 0 aliphatic heterocycles. The summed E-state index contributed by atoms with van der Waals surface area (Å²) >= 11 is 0. The zero-order chi connectivity index (χ0) is 25.5. The Morgan fingerprint density at radius 2 is 1.69 bits per heavy atom. The first kappa shape index (κ1) is 24.1. The molecule has 1 aromatic carbocycles. The predicted octanol–water partition coefficient (Wildman–Crippen LogP) is 3.85. The van der Waals surface area contributed by atoms with Gasteiger partial charge >= 0.3 is 0 Å². The molecule has 2 aromatic heterocycles. The molecular weight excluding hydrogens is 461 g/mol. The van der Waals surface area contributed by atoms with Crippen molar-refractivity contribution in [1.29, 1.82) is 0 Å². The quantitative estimate of drug-likeness (QED) is 0.522. The highest BCUT2D eigenvalue weighted by atomic mass is 19.1. The zero-order valence-corrected chi connectivity index (χ0v) is 20.5. The number of fused-ring (bicyclic) bond motifs is 4. The summed E-state index contributed by atoms with van der Waals surface area (Å²) in [5.41, 5.74) is 1.26. The van der Waals surface area contributed by atoms with Crippen LogP contribution < -0.4 is 10.6 Å². The van der Waals surface area contributed by atoms with E-state index in [4.69, 9.17) is 0 Å². The fourth-order valence-electron chi connectivity index (χ4n) is 5.88. The molecule has 188 valence electrons. The molecule has 3 aliphatic rings. The first-order chi connectivity index (χ1) is 17.2. The van der Waals surface area contributed by atoms with Crippen molar-refractivity contribution >= 4 is 23.2 Å². The summed E-state index contributed by atoms with van der Waals surface area (Å²) in [7, 11) is 0. The molecule has 0 saturated heterocycles. The average molecular weight is 492 g/mol. The number of ketones is 1. The Balaban J connectivity index is 1.32. The summed E-state index contributed by atoms with van der Waals surface area (Å²) in [5.74, 6) is -0.823. The third-order valence-corrected chi connectivity index (χ3v) is 8.51. The molecule has 2 heterocycles. The number of nitrogens with zero attached hydrogens (tertiary/aromatic N) is 3. The minimum Gasteiger partial charge on any atom is -0.348 e. The van der Waals surface area contributed by atoms with Crippen molar-refractivity contribution in [3.63, 3.8) is 0 Å². The third kappa shape index (κ3) is 4.27. The Morgan fingerprint density at radius 1 is 1.03 bits per heavy atom. The van der Waals surface area contributed by atoms with Crippen LogP contribution in [0.1, 0.15) is 78.9 Å². The largest absolute Gasteiger partial charge is 0.348 e. The first-order valence-electron chi connectivity index (χ1n) is 12.4. The Kier molecular flexibility index (Phi) is 6.10. The van der Waals surface area contributed by atoms with E-state index < -0.39 is 5.91 Å². The van der Waals surface area contributed by atoms with Gasteiger partial charge in [-0.05, 0) is 75.5 Å². The van der Waals surface area contributed by atoms with E-state index in [-0.39, 0.29) is 52.3 Å². The second kappa shape index (κ2) is 9.11. The van der Waals surface area contributed by atoms with E-state index in [1.54, 1.807) is 25.1 Å². The maximum absolute atomic E-state index is 13.4. The van der Waals surface area contributed by atoms with Crippen LogP contribution in [0.5, 0.6) is 0 Å². The highest BCUT2D eigenvalue weighted by molar-refractivity contribution is 5.98. The molecule has 3 aliphatic carbocycles. The molecule has 0 radical (unpaired) electrons. The normalized spacial score (nSPS) is 23.9. The van der Waals surface area contributed by atoms with Crippen LogP contribution in [0.2, 0.25) is 0 Å². The standard InChI is InChI=1S/C27H30FN5O3/c1-17(26-8-11-27(12-9-26,13-10-26)18(2)34)31-25(36)22-15-21(32-23-7-14-30-33(22)23)24(35)29-16-19-3-5-20(28)6-4-19/h3-7,14-15,17H,8-13,16H2,1-2H3,(H,29,35)(H,31,36). The van der Waals surface area contributed by atoms with E-state index in [1.165, 1.54) is 28.9 Å². The monoisotopic (exact) mass is 491 g/mol. The predicted molar refractivity (Wildman–Crippen MR) is 131 cm³/mol. The van der Waals surface area contributed by atoms with Gasteiger partial charge in [0.25, 0.3) is 11.8 Å². The molecule has 8 nitrogen and oxygen atoms in total. The first-order valence-corrected chi connectivity index (χ1v) is 12.4. The van der Waals surface area contributed by atoms with Gasteiger partial charge in [0, 0.05) is 30.1 Å². The van der Waals surface area contributed by atoms with Gasteiger partial charge in [-0.25, -0.2) is 13.9 Å². The van der Waals surface area contributed by atoms with Crippen LogP contribution in [0.4, 0.5) is 4.39 Å². The highest BCUT2D eigenvalue weighted by Gasteiger charge is 2.53. The van der Waals surface area contributed by atoms with E-state index in [1.807, 2.05) is 6.92 Å². The number of carbonyl (C=O) groups excluding carboxylic acids is 3. The lowest BCUT2D eigenvalue weighted by molar-refractivity contribution is -0.136. The fourth-order valence-corrected chi connectivity index (χ4v) is 5.88. The Morgan fingerprint density at radius 3 is 2.33 bits per heavy atom. The van der Waals surface area contributed by atoms with Crippen LogP contribution in [0.15, 0.2) is 42.6 Å². The van der Waals surface area contributed by atoms with Gasteiger partial charge in [0.1, 0.15) is 23.0 Å². The number of aromatic nitrogens is 3. The number of amides is 2. The maximum atomic E-state index is 13.4. The average Bonchev–Trinajstić information content (AvgIpc) is 3.37. The maximum Gasteiger partial charge on any atom is 0.270 e. The second-order valence-electron chi connectivity index (χ2n) is 10.3. The number of rotatable bonds is 7. The van der Waals surface area contributed by atoms with Crippen LogP contribution in [0.3, 0.4) is 0 Å². The van der Waals surface area contributed by atoms with Crippen molar-refractivity contribution in [3.05, 3.63) is 65.4 Å². The number of hydrogen-bond donors (Lipinski definition) is 2. The molecule has 1 atom stereocenters. The number of hydrogen-bond acceptors (Lipinski definition) is 5. The summed E-state index contributed by atoms with van der Waals surface area (Å²) in [4.78, 5) is 42.8. The number of halogens is 1. The summed E-state index contributed by atoms with van der Waals surface area (Å²) in [6, 6.07) is 8.85. The highest BCUT2D eigenvalue weighted by Crippen LogP contribution is 2.58. The van der Waals surface area contributed by atoms with Gasteiger partial charge in [-0.2, -0.15) is 5.10 Å². The molecule has 2 bridgehead atoms. The Hall–Kier alpha value is -3.62. The van der Waals surface area contributed by atoms with Gasteiger partial charge in [0.05, 0.1) is 6.20 Å². The van der Waals surface area contributed by atoms with Crippen molar-refractivity contribution in [2.24, 2.45) is 10.8 Å². The number of Topliss-reactive ketones (excluding diaryl/α,β-unsaturated/α-hetero) is 1. The summed E-state index contributed by atoms with van der Waals surface area (Å²) in [6.07, 6.45) is 6.90. The van der Waals surface area contributed by atoms with Gasteiger partial charge in [0.15, 0.2) is 5.65 Å². The summed E-state index contributed by atoms with van der Waals surface area (Å²) < 4.78 is 14.6. The van der Waals surface area contributed by atoms with E-state index in [9.17, 15) is 18.8 Å². The molecular formula is C27H30FN5O3. The van der Waals surface area contributed by atoms with E-state index in [0.717, 1.165) is 44.1 Å². The minimum absolute atomic E-state index is 0.0293. The molecule has 3 fully saturated rings. The van der Waals surface area contributed by atoms with Gasteiger partial charge in [-0.15, -0.1) is 0 Å². The third-order valence-electron chi connectivity index (χ3n) is 8.51. The van der Waals surface area contributed by atoms with Crippen LogP contribution in [0, 0.1) is 16.6 Å². The molecule has 6 rings (SSSR count). The van der Waals surface area contributed by atoms with Crippen molar-refractivity contribution in [2.75, 3.05) is 0 Å². The molecule has 2 N–H and O–H groups in total. The lowest BCUT2D eigenvalue weighted by Gasteiger charge is -2.55. The molecule has 3 saturated carbocycles. The summed E-state index contributed by atoms with van der Waals surface area (Å²) in [6.45, 7) is 3.94. The Labute approximate surface area is 208 Å². The lowest BCUT2D eigenvalue weighted by Crippen LogP contribution is -2.54. The second-order valence-corrected chi connectivity index (χ2v) is 10.3. The molecule has 36 heavy (non-hydrogen) atoms. The van der Waals surface area contributed by atoms with E-state index >= 15 is 0 Å². The zero-order valence-electron chi connectivity index (χ0n) is 20.5. The van der Waals surface area contributed by atoms with Crippen molar-refractivity contribution in [2.45, 2.75) is 65.0 Å². The van der Waals surface area contributed by atoms with Crippen LogP contribution >= 0.6 is 0 Å². The molecule has 1 unspecified atom stereocenters. The van der Waals surface area contributed by atoms with Crippen LogP contribution in [-0.2, 0) is 11.3 Å². The van der Waals surface area contributed by atoms with Gasteiger partial charge in [-0.1, -0.05) is 12.1 Å². The van der Waals surface area contributed by atoms with Gasteiger partial charge in [0.2, 0.25) is 0 Å².